The summed E-state index contributed by atoms with van der Waals surface area (Å²) in [7, 11) is 0. The van der Waals surface area contributed by atoms with Crippen LogP contribution in [0.2, 0.25) is 0 Å². The van der Waals surface area contributed by atoms with E-state index in [9.17, 15) is 4.79 Å². The Labute approximate surface area is 148 Å². The predicted molar refractivity (Wildman–Crippen MR) is 98.1 cm³/mol. The fourth-order valence-corrected chi connectivity index (χ4v) is 3.86. The van der Waals surface area contributed by atoms with Crippen molar-refractivity contribution in [2.45, 2.75) is 50.7 Å². The normalized spacial score (nSPS) is 22.5. The van der Waals surface area contributed by atoms with E-state index in [0.29, 0.717) is 25.0 Å². The first-order chi connectivity index (χ1) is 12.2. The molecular weight excluding hydrogens is 312 g/mol. The van der Waals surface area contributed by atoms with Crippen LogP contribution in [0.25, 0.3) is 0 Å². The summed E-state index contributed by atoms with van der Waals surface area (Å²) < 4.78 is 0. The van der Waals surface area contributed by atoms with Crippen LogP contribution < -0.4 is 11.1 Å². The summed E-state index contributed by atoms with van der Waals surface area (Å²) >= 11 is 0. The molecule has 0 bridgehead atoms. The lowest BCUT2D eigenvalue weighted by molar-refractivity contribution is 0.212. The summed E-state index contributed by atoms with van der Waals surface area (Å²) in [5.74, 6) is 0.602. The van der Waals surface area contributed by atoms with Gasteiger partial charge in [0.05, 0.1) is 0 Å². The van der Waals surface area contributed by atoms with Crippen LogP contribution in [-0.2, 0) is 13.1 Å². The van der Waals surface area contributed by atoms with Crippen molar-refractivity contribution in [3.05, 3.63) is 59.4 Å². The van der Waals surface area contributed by atoms with E-state index >= 15 is 0 Å². The smallest absolute Gasteiger partial charge is 0.322 e. The van der Waals surface area contributed by atoms with Crippen molar-refractivity contribution >= 4 is 11.7 Å². The Bertz CT molecular complexity index is 726. The van der Waals surface area contributed by atoms with Gasteiger partial charge in [0.2, 0.25) is 0 Å². The Hall–Kier alpha value is -2.40. The van der Waals surface area contributed by atoms with Gasteiger partial charge in [-0.15, -0.1) is 0 Å². The third-order valence-corrected chi connectivity index (χ3v) is 5.42. The zero-order valence-corrected chi connectivity index (χ0v) is 14.3. The number of nitrogens with one attached hydrogen (secondary N) is 1. The molecule has 5 heteroatoms. The lowest BCUT2D eigenvalue weighted by Crippen LogP contribution is -2.30. The number of fused-ring (bicyclic) bond motifs is 1. The first-order valence-electron chi connectivity index (χ1n) is 9.02. The minimum absolute atomic E-state index is 0.0624. The van der Waals surface area contributed by atoms with Gasteiger partial charge in [-0.25, -0.2) is 4.79 Å². The third kappa shape index (κ3) is 3.51. The Morgan fingerprint density at radius 3 is 2.48 bits per heavy atom. The largest absolute Gasteiger partial charge is 0.328 e. The van der Waals surface area contributed by atoms with Crippen molar-refractivity contribution in [2.75, 3.05) is 5.32 Å². The zero-order valence-electron chi connectivity index (χ0n) is 14.3. The molecule has 2 aliphatic rings. The summed E-state index contributed by atoms with van der Waals surface area (Å²) in [4.78, 5) is 18.4. The second-order valence-corrected chi connectivity index (χ2v) is 7.16. The number of carbonyl (C=O) groups is 1. The monoisotopic (exact) mass is 336 g/mol. The number of nitrogens with zero attached hydrogens (tertiary/aromatic N) is 2. The molecule has 2 aromatic rings. The number of aromatic nitrogens is 1. The van der Waals surface area contributed by atoms with Crippen LogP contribution in [0, 0.1) is 0 Å². The van der Waals surface area contributed by atoms with Gasteiger partial charge < -0.3 is 16.0 Å². The number of nitrogens with two attached hydrogens (primary N) is 1. The summed E-state index contributed by atoms with van der Waals surface area (Å²) in [5.41, 5.74) is 10.5. The Balaban J connectivity index is 1.36. The highest BCUT2D eigenvalue weighted by Crippen LogP contribution is 2.32. The quantitative estimate of drug-likeness (QED) is 0.880. The van der Waals surface area contributed by atoms with Crippen LogP contribution in [0.3, 0.4) is 0 Å². The molecule has 0 atom stereocenters. The van der Waals surface area contributed by atoms with Gasteiger partial charge >= 0.3 is 6.03 Å². The number of pyridine rings is 1. The predicted octanol–water partition coefficient (Wildman–Crippen LogP) is 3.61. The van der Waals surface area contributed by atoms with Crippen molar-refractivity contribution in [3.8, 4) is 0 Å². The van der Waals surface area contributed by atoms with Gasteiger partial charge in [-0.1, -0.05) is 12.1 Å². The van der Waals surface area contributed by atoms with Gasteiger partial charge in [0.25, 0.3) is 0 Å². The fraction of sp³-hybridized carbons (Fsp3) is 0.400. The van der Waals surface area contributed by atoms with E-state index in [1.54, 1.807) is 6.20 Å². The maximum Gasteiger partial charge on any atom is 0.322 e. The number of hydrogen-bond acceptors (Lipinski definition) is 3. The molecule has 1 aromatic heterocycles. The van der Waals surface area contributed by atoms with Crippen LogP contribution in [0.1, 0.15) is 48.3 Å². The van der Waals surface area contributed by atoms with Gasteiger partial charge in [0, 0.05) is 37.2 Å². The Morgan fingerprint density at radius 2 is 1.76 bits per heavy atom. The number of carbonyl (C=O) groups excluding carboxylic acids is 1. The molecule has 1 saturated carbocycles. The molecule has 130 valence electrons. The minimum atomic E-state index is -0.0624. The van der Waals surface area contributed by atoms with Crippen LogP contribution >= 0.6 is 0 Å². The number of benzene rings is 1. The molecule has 1 aliphatic heterocycles. The van der Waals surface area contributed by atoms with Gasteiger partial charge in [-0.05, 0) is 66.5 Å². The van der Waals surface area contributed by atoms with Crippen molar-refractivity contribution in [3.63, 3.8) is 0 Å². The van der Waals surface area contributed by atoms with Crippen LogP contribution in [0.5, 0.6) is 0 Å². The van der Waals surface area contributed by atoms with Gasteiger partial charge in [0.15, 0.2) is 0 Å². The average molecular weight is 336 g/mol. The summed E-state index contributed by atoms with van der Waals surface area (Å²) in [5, 5.41) is 3.00. The van der Waals surface area contributed by atoms with E-state index < -0.39 is 0 Å². The van der Waals surface area contributed by atoms with E-state index in [-0.39, 0.29) is 6.03 Å². The van der Waals surface area contributed by atoms with E-state index in [0.717, 1.165) is 36.9 Å². The van der Waals surface area contributed by atoms with Gasteiger partial charge in [-0.2, -0.15) is 0 Å². The molecular formula is C20H24N4O. The minimum Gasteiger partial charge on any atom is -0.328 e. The van der Waals surface area contributed by atoms with E-state index in [1.807, 2.05) is 29.3 Å². The number of hydrogen-bond donors (Lipinski definition) is 2. The van der Waals surface area contributed by atoms with E-state index in [1.165, 1.54) is 11.1 Å². The number of urea groups is 1. The van der Waals surface area contributed by atoms with Crippen molar-refractivity contribution in [1.29, 1.82) is 0 Å². The fourth-order valence-electron chi connectivity index (χ4n) is 3.86. The molecule has 1 aliphatic carbocycles. The molecule has 2 heterocycles. The van der Waals surface area contributed by atoms with Gasteiger partial charge in [0.1, 0.15) is 0 Å². The van der Waals surface area contributed by atoms with Gasteiger partial charge in [-0.3, -0.25) is 4.98 Å². The van der Waals surface area contributed by atoms with Crippen LogP contribution in [0.4, 0.5) is 10.5 Å². The van der Waals surface area contributed by atoms with Crippen molar-refractivity contribution < 1.29 is 4.79 Å². The molecule has 2 amide bonds. The van der Waals surface area contributed by atoms with Crippen LogP contribution in [0.15, 0.2) is 42.7 Å². The molecule has 0 unspecified atom stereocenters. The molecule has 4 rings (SSSR count). The first kappa shape index (κ1) is 16.1. The highest BCUT2D eigenvalue weighted by molar-refractivity contribution is 5.89. The molecule has 5 nitrogen and oxygen atoms in total. The first-order valence-corrected chi connectivity index (χ1v) is 9.02. The molecule has 0 radical (unpaired) electrons. The second-order valence-electron chi connectivity index (χ2n) is 7.16. The maximum absolute atomic E-state index is 12.5. The van der Waals surface area contributed by atoms with E-state index in [2.05, 4.69) is 22.4 Å². The van der Waals surface area contributed by atoms with E-state index in [4.69, 9.17) is 5.73 Å². The summed E-state index contributed by atoms with van der Waals surface area (Å²) in [6.45, 7) is 1.26. The highest BCUT2D eigenvalue weighted by Gasteiger charge is 2.23. The second kappa shape index (κ2) is 6.84. The molecule has 25 heavy (non-hydrogen) atoms. The number of amides is 2. The molecule has 0 saturated heterocycles. The lowest BCUT2D eigenvalue weighted by atomic mass is 9.82. The highest BCUT2D eigenvalue weighted by atomic mass is 16.2. The topological polar surface area (TPSA) is 71.2 Å². The standard InChI is InChI=1S/C20H24N4O/c21-18-5-1-14(2-6-18)15-3-7-19(8-4-15)23-20(25)24-12-16-9-10-22-11-17(16)13-24/h3-4,7-11,14,18H,1-2,5-6,12-13,21H2,(H,23,25). The zero-order chi connectivity index (χ0) is 17.2. The number of anilines is 1. The SMILES string of the molecule is NC1CCC(c2ccc(NC(=O)N3Cc4ccncc4C3)cc2)CC1. The Morgan fingerprint density at radius 1 is 1.04 bits per heavy atom. The molecule has 1 aromatic carbocycles. The molecule has 0 spiro atoms. The van der Waals surface area contributed by atoms with Crippen LogP contribution in [-0.4, -0.2) is 22.0 Å². The Kier molecular flexibility index (Phi) is 4.40. The third-order valence-electron chi connectivity index (χ3n) is 5.42. The van der Waals surface area contributed by atoms with Crippen molar-refractivity contribution in [1.82, 2.24) is 9.88 Å². The number of rotatable bonds is 2. The maximum atomic E-state index is 12.5. The lowest BCUT2D eigenvalue weighted by Gasteiger charge is -2.26. The summed E-state index contributed by atoms with van der Waals surface area (Å²) in [6.07, 6.45) is 8.14. The summed E-state index contributed by atoms with van der Waals surface area (Å²) in [6, 6.07) is 10.6. The molecule has 3 N–H and O–H groups in total. The molecule has 1 fully saturated rings. The average Bonchev–Trinajstić information content (AvgIpc) is 3.07. The van der Waals surface area contributed by atoms with Crippen molar-refractivity contribution in [2.24, 2.45) is 5.73 Å².